The fourth-order valence-corrected chi connectivity index (χ4v) is 3.25. The number of benzene rings is 1. The second-order valence-electron chi connectivity index (χ2n) is 6.13. The molecule has 0 unspecified atom stereocenters. The SMILES string of the molecule is Cc1ccc(CC2(CN)CCCCCCC2)cc1. The zero-order chi connectivity index (χ0) is 12.8. The van der Waals surface area contributed by atoms with E-state index in [1.54, 1.807) is 0 Å². The van der Waals surface area contributed by atoms with Crippen molar-refractivity contribution >= 4 is 0 Å². The molecule has 1 nitrogen and oxygen atoms in total. The van der Waals surface area contributed by atoms with Crippen molar-refractivity contribution in [2.75, 3.05) is 6.54 Å². The first-order chi connectivity index (χ1) is 8.74. The highest BCUT2D eigenvalue weighted by Crippen LogP contribution is 2.36. The Bertz CT molecular complexity index is 344. The molecule has 0 aromatic heterocycles. The smallest absolute Gasteiger partial charge is 0.00173 e. The molecular weight excluding hydrogens is 218 g/mol. The van der Waals surface area contributed by atoms with Gasteiger partial charge in [-0.3, -0.25) is 0 Å². The lowest BCUT2D eigenvalue weighted by Crippen LogP contribution is -2.33. The molecule has 2 N–H and O–H groups in total. The van der Waals surface area contributed by atoms with Crippen molar-refractivity contribution in [1.82, 2.24) is 0 Å². The van der Waals surface area contributed by atoms with Crippen LogP contribution < -0.4 is 5.73 Å². The van der Waals surface area contributed by atoms with Crippen LogP contribution in [-0.2, 0) is 6.42 Å². The molecule has 0 bridgehead atoms. The molecule has 18 heavy (non-hydrogen) atoms. The van der Waals surface area contributed by atoms with Crippen LogP contribution in [0.4, 0.5) is 0 Å². The molecule has 1 fully saturated rings. The van der Waals surface area contributed by atoms with Gasteiger partial charge in [0, 0.05) is 0 Å². The van der Waals surface area contributed by atoms with E-state index in [1.807, 2.05) is 0 Å². The van der Waals surface area contributed by atoms with Gasteiger partial charge in [-0.25, -0.2) is 0 Å². The third-order valence-electron chi connectivity index (χ3n) is 4.55. The first-order valence-electron chi connectivity index (χ1n) is 7.50. The average Bonchev–Trinajstić information content (AvgIpc) is 2.36. The molecule has 100 valence electrons. The topological polar surface area (TPSA) is 26.0 Å². The number of hydrogen-bond acceptors (Lipinski definition) is 1. The van der Waals surface area contributed by atoms with Gasteiger partial charge in [0.25, 0.3) is 0 Å². The van der Waals surface area contributed by atoms with Gasteiger partial charge in [0.05, 0.1) is 0 Å². The third-order valence-corrected chi connectivity index (χ3v) is 4.55. The normalized spacial score (nSPS) is 20.1. The van der Waals surface area contributed by atoms with Gasteiger partial charge < -0.3 is 5.73 Å². The minimum Gasteiger partial charge on any atom is -0.330 e. The van der Waals surface area contributed by atoms with Crippen LogP contribution in [0.3, 0.4) is 0 Å². The molecule has 1 saturated carbocycles. The molecule has 0 atom stereocenters. The fraction of sp³-hybridized carbons (Fsp3) is 0.647. The van der Waals surface area contributed by atoms with Crippen molar-refractivity contribution < 1.29 is 0 Å². The van der Waals surface area contributed by atoms with Crippen LogP contribution in [0.15, 0.2) is 24.3 Å². The number of hydrogen-bond donors (Lipinski definition) is 1. The van der Waals surface area contributed by atoms with Gasteiger partial charge in [0.1, 0.15) is 0 Å². The van der Waals surface area contributed by atoms with Crippen molar-refractivity contribution in [2.24, 2.45) is 11.1 Å². The molecule has 0 saturated heterocycles. The van der Waals surface area contributed by atoms with Crippen molar-refractivity contribution in [2.45, 2.75) is 58.3 Å². The van der Waals surface area contributed by atoms with Gasteiger partial charge in [-0.2, -0.15) is 0 Å². The molecule has 1 aromatic rings. The van der Waals surface area contributed by atoms with E-state index in [1.165, 1.54) is 62.5 Å². The van der Waals surface area contributed by atoms with E-state index in [0.29, 0.717) is 5.41 Å². The number of rotatable bonds is 3. The molecule has 1 aromatic carbocycles. The van der Waals surface area contributed by atoms with Crippen LogP contribution in [0.2, 0.25) is 0 Å². The summed E-state index contributed by atoms with van der Waals surface area (Å²) in [7, 11) is 0. The van der Waals surface area contributed by atoms with Crippen LogP contribution in [0.25, 0.3) is 0 Å². The molecular formula is C17H27N. The lowest BCUT2D eigenvalue weighted by atomic mass is 9.72. The summed E-state index contributed by atoms with van der Waals surface area (Å²) in [6.45, 7) is 3.00. The zero-order valence-electron chi connectivity index (χ0n) is 11.8. The summed E-state index contributed by atoms with van der Waals surface area (Å²) in [6.07, 6.45) is 10.8. The Hall–Kier alpha value is -0.820. The Kier molecular flexibility index (Phi) is 4.82. The van der Waals surface area contributed by atoms with Gasteiger partial charge in [-0.1, -0.05) is 61.9 Å². The predicted octanol–water partition coefficient (Wildman–Crippen LogP) is 4.23. The predicted molar refractivity (Wildman–Crippen MR) is 78.7 cm³/mol. The van der Waals surface area contributed by atoms with Crippen LogP contribution in [0.1, 0.15) is 56.1 Å². The summed E-state index contributed by atoms with van der Waals surface area (Å²) in [5.41, 5.74) is 9.32. The van der Waals surface area contributed by atoms with Crippen LogP contribution in [0.5, 0.6) is 0 Å². The molecule has 0 spiro atoms. The third kappa shape index (κ3) is 3.58. The highest BCUT2D eigenvalue weighted by atomic mass is 14.6. The average molecular weight is 245 g/mol. The summed E-state index contributed by atoms with van der Waals surface area (Å²) in [5, 5.41) is 0. The maximum Gasteiger partial charge on any atom is -0.00173 e. The Labute approximate surface area is 112 Å². The lowest BCUT2D eigenvalue weighted by Gasteiger charge is -2.34. The highest BCUT2D eigenvalue weighted by molar-refractivity contribution is 5.22. The van der Waals surface area contributed by atoms with Gasteiger partial charge in [0.2, 0.25) is 0 Å². The van der Waals surface area contributed by atoms with E-state index in [-0.39, 0.29) is 0 Å². The molecule has 1 heteroatoms. The second kappa shape index (κ2) is 6.38. The van der Waals surface area contributed by atoms with Crippen molar-refractivity contribution in [3.63, 3.8) is 0 Å². The molecule has 0 heterocycles. The summed E-state index contributed by atoms with van der Waals surface area (Å²) in [5.74, 6) is 0. The molecule has 0 amide bonds. The fourth-order valence-electron chi connectivity index (χ4n) is 3.25. The molecule has 1 aliphatic rings. The number of nitrogens with two attached hydrogens (primary N) is 1. The molecule has 0 radical (unpaired) electrons. The van der Waals surface area contributed by atoms with Gasteiger partial charge in [0.15, 0.2) is 0 Å². The molecule has 0 aliphatic heterocycles. The monoisotopic (exact) mass is 245 g/mol. The first kappa shape index (κ1) is 13.6. The minimum absolute atomic E-state index is 0.371. The minimum atomic E-state index is 0.371. The van der Waals surface area contributed by atoms with Crippen molar-refractivity contribution in [1.29, 1.82) is 0 Å². The highest BCUT2D eigenvalue weighted by Gasteiger charge is 2.28. The molecule has 2 rings (SSSR count). The molecule has 1 aliphatic carbocycles. The van der Waals surface area contributed by atoms with E-state index < -0.39 is 0 Å². The Morgan fingerprint density at radius 1 is 0.944 bits per heavy atom. The maximum absolute atomic E-state index is 6.14. The van der Waals surface area contributed by atoms with E-state index in [2.05, 4.69) is 31.2 Å². The summed E-state index contributed by atoms with van der Waals surface area (Å²) >= 11 is 0. The second-order valence-corrected chi connectivity index (χ2v) is 6.13. The standard InChI is InChI=1S/C17H27N/c1-15-7-9-16(10-8-15)13-17(14-18)11-5-3-2-4-6-12-17/h7-10H,2-6,11-14,18H2,1H3. The van der Waals surface area contributed by atoms with Crippen molar-refractivity contribution in [3.05, 3.63) is 35.4 Å². The van der Waals surface area contributed by atoms with Gasteiger partial charge in [-0.05, 0) is 43.7 Å². The Morgan fingerprint density at radius 3 is 2.06 bits per heavy atom. The van der Waals surface area contributed by atoms with E-state index in [9.17, 15) is 0 Å². The van der Waals surface area contributed by atoms with E-state index in [0.717, 1.165) is 6.54 Å². The van der Waals surface area contributed by atoms with Gasteiger partial charge in [-0.15, -0.1) is 0 Å². The Balaban J connectivity index is 2.07. The lowest BCUT2D eigenvalue weighted by molar-refractivity contribution is 0.217. The van der Waals surface area contributed by atoms with E-state index in [4.69, 9.17) is 5.73 Å². The maximum atomic E-state index is 6.14. The summed E-state index contributed by atoms with van der Waals surface area (Å²) in [4.78, 5) is 0. The summed E-state index contributed by atoms with van der Waals surface area (Å²) < 4.78 is 0. The number of aryl methyl sites for hydroxylation is 1. The van der Waals surface area contributed by atoms with Gasteiger partial charge >= 0.3 is 0 Å². The largest absolute Gasteiger partial charge is 0.330 e. The Morgan fingerprint density at radius 2 is 1.50 bits per heavy atom. The van der Waals surface area contributed by atoms with Crippen LogP contribution in [-0.4, -0.2) is 6.54 Å². The van der Waals surface area contributed by atoms with E-state index >= 15 is 0 Å². The van der Waals surface area contributed by atoms with Crippen molar-refractivity contribution in [3.8, 4) is 0 Å². The quantitative estimate of drug-likeness (QED) is 0.847. The van der Waals surface area contributed by atoms with Crippen LogP contribution in [0, 0.1) is 12.3 Å². The zero-order valence-corrected chi connectivity index (χ0v) is 11.8. The van der Waals surface area contributed by atoms with Crippen LogP contribution >= 0.6 is 0 Å². The summed E-state index contributed by atoms with van der Waals surface area (Å²) in [6, 6.07) is 9.02. The first-order valence-corrected chi connectivity index (χ1v) is 7.50.